The van der Waals surface area contributed by atoms with Gasteiger partial charge in [0.25, 0.3) is 6.33 Å². The Morgan fingerprint density at radius 1 is 0.449 bits per heavy atom. The Labute approximate surface area is 553 Å². The van der Waals surface area contributed by atoms with Crippen LogP contribution in [0.1, 0.15) is 143 Å². The lowest BCUT2D eigenvalue weighted by Gasteiger charge is -2.29. The zero-order valence-electron chi connectivity index (χ0n) is 71.1. The number of pyridine rings is 1. The normalized spacial score (nSPS) is 15.7. The molecule has 89 heavy (non-hydrogen) atoms. The molecule has 0 saturated heterocycles. The lowest BCUT2D eigenvalue weighted by Crippen LogP contribution is -2.32. The first-order chi connectivity index (χ1) is 50.3. The van der Waals surface area contributed by atoms with Gasteiger partial charge in [0.15, 0.2) is 0 Å². The number of benzene rings is 10. The Kier molecular flexibility index (Phi) is 10.0. The summed E-state index contributed by atoms with van der Waals surface area (Å²) in [5.74, 6) is 1.54. The molecule has 0 radical (unpaired) electrons. The van der Waals surface area contributed by atoms with Crippen LogP contribution in [-0.2, 0) is 21.7 Å². The Hall–Kier alpha value is -9.58. The Morgan fingerprint density at radius 3 is 1.65 bits per heavy atom. The van der Waals surface area contributed by atoms with Crippen LogP contribution in [0.4, 0.5) is 0 Å². The molecule has 0 aliphatic heterocycles. The van der Waals surface area contributed by atoms with E-state index in [1.807, 2.05) is 75.5 Å². The van der Waals surface area contributed by atoms with Crippen molar-refractivity contribution >= 4 is 32.8 Å². The van der Waals surface area contributed by atoms with Crippen LogP contribution in [0.3, 0.4) is 0 Å². The molecular weight excluding hydrogens is 1080 g/mol. The molecule has 0 amide bonds. The zero-order valence-corrected chi connectivity index (χ0v) is 52.1. The number of aryl methyl sites for hydroxylation is 2. The Morgan fingerprint density at radius 2 is 1.02 bits per heavy atom. The van der Waals surface area contributed by atoms with Crippen molar-refractivity contribution in [1.82, 2.24) is 14.1 Å². The fourth-order valence-corrected chi connectivity index (χ4v) is 11.5. The molecule has 0 bridgehead atoms. The number of aromatic nitrogens is 4. The van der Waals surface area contributed by atoms with Gasteiger partial charge in [0, 0.05) is 31.3 Å². The summed E-state index contributed by atoms with van der Waals surface area (Å²) in [5, 5.41) is 1.96. The van der Waals surface area contributed by atoms with E-state index < -0.39 is 131 Å². The number of imidazole rings is 1. The maximum absolute atomic E-state index is 10.7. The van der Waals surface area contributed by atoms with E-state index in [4.69, 9.17) is 26.2 Å². The van der Waals surface area contributed by atoms with E-state index in [9.17, 15) is 9.60 Å². The van der Waals surface area contributed by atoms with Crippen molar-refractivity contribution in [2.45, 2.75) is 118 Å². The number of ether oxygens (including phenoxy) is 1. The van der Waals surface area contributed by atoms with Gasteiger partial charge in [-0.2, -0.15) is 0 Å². The molecule has 0 unspecified atom stereocenters. The topological polar surface area (TPSA) is 35.9 Å². The molecule has 10 aromatic carbocycles. The first-order valence-corrected chi connectivity index (χ1v) is 29.9. The fourth-order valence-electron chi connectivity index (χ4n) is 11.5. The molecule has 5 heteroatoms. The molecule has 0 fully saturated rings. The van der Waals surface area contributed by atoms with Gasteiger partial charge < -0.3 is 4.74 Å². The van der Waals surface area contributed by atoms with E-state index in [0.29, 0.717) is 50.7 Å². The molecule has 3 heterocycles. The van der Waals surface area contributed by atoms with Crippen molar-refractivity contribution < 1.29 is 35.3 Å². The smallest absolute Gasteiger partial charge is 0.269 e. The molecule has 442 valence electrons. The number of nitrogens with zero attached hydrogens (tertiary/aromatic N) is 4. The van der Waals surface area contributed by atoms with Gasteiger partial charge in [-0.1, -0.05) is 228 Å². The van der Waals surface area contributed by atoms with Crippen LogP contribution >= 0.6 is 0 Å². The second-order valence-corrected chi connectivity index (χ2v) is 27.0. The van der Waals surface area contributed by atoms with Gasteiger partial charge >= 0.3 is 0 Å². The third kappa shape index (κ3) is 11.3. The molecule has 13 rings (SSSR count). The minimum absolute atomic E-state index is 0.0536. The summed E-state index contributed by atoms with van der Waals surface area (Å²) in [6, 6.07) is 34.2. The average molecular weight is 1180 g/mol. The Balaban J connectivity index is 1.19. The predicted molar refractivity (Wildman–Crippen MR) is 374 cm³/mol. The van der Waals surface area contributed by atoms with Gasteiger partial charge in [0.05, 0.1) is 51.3 Å². The third-order valence-electron chi connectivity index (χ3n) is 16.5. The first-order valence-electron chi connectivity index (χ1n) is 39.4. The summed E-state index contributed by atoms with van der Waals surface area (Å²) < 4.78 is 188. The van der Waals surface area contributed by atoms with Crippen LogP contribution in [0.2, 0.25) is 0 Å². The lowest BCUT2D eigenvalue weighted by molar-refractivity contribution is -0.571. The summed E-state index contributed by atoms with van der Waals surface area (Å²) in [4.78, 5) is 4.89. The predicted octanol–water partition coefficient (Wildman–Crippen LogP) is 22.1. The van der Waals surface area contributed by atoms with Crippen LogP contribution in [0.25, 0.3) is 106 Å². The molecule has 0 aliphatic rings. The SMILES string of the molecule is [2H]c1c([2H])c([2H])c(-c2c([2H])c(-c3cc(C(C)(C)C)cc(-c4cc(C(C)(C)C)cc(C(C)(C)C)c4)c3-[n+]3[c-]n(-c4cccc(Oc5ccc6c7ccccc7n(-c7cc(C(C)(C)C)ccn7)c6c5)c4)c4cc(-c5c(C([2H])([2H])[2H])cccc5C([2H])([2H])[2H])ccc43)c([2H])c(-c3c([2H])c([2H])c([2H])c([2H])c3[2H])c2[2H])c([2H])c1[2H]. The fraction of sp³-hybridized carbons (Fsp3) is 0.214. The average Bonchev–Trinajstić information content (AvgIpc) is 1.20. The number of fused-ring (bicyclic) bond motifs is 4. The maximum atomic E-state index is 10.7. The summed E-state index contributed by atoms with van der Waals surface area (Å²) in [7, 11) is 0. The number of rotatable bonds is 10. The van der Waals surface area contributed by atoms with Crippen molar-refractivity contribution in [2.75, 3.05) is 0 Å². The summed E-state index contributed by atoms with van der Waals surface area (Å²) in [6.07, 6.45) is 5.49. The van der Waals surface area contributed by atoms with E-state index in [2.05, 4.69) is 110 Å². The minimum atomic E-state index is -2.82. The molecule has 0 spiro atoms. The highest BCUT2D eigenvalue weighted by Gasteiger charge is 2.29. The summed E-state index contributed by atoms with van der Waals surface area (Å²) in [6.45, 7) is 19.3. The van der Waals surface area contributed by atoms with E-state index in [1.165, 1.54) is 18.2 Å². The van der Waals surface area contributed by atoms with E-state index in [-0.39, 0.29) is 44.5 Å². The minimum Gasteiger partial charge on any atom is -0.458 e. The highest BCUT2D eigenvalue weighted by atomic mass is 16.5. The lowest BCUT2D eigenvalue weighted by atomic mass is 9.77. The molecule has 0 N–H and O–H groups in total. The van der Waals surface area contributed by atoms with Gasteiger partial charge in [-0.05, 0) is 197 Å². The standard InChI is InChI=1S/C84H80N4O/c1-54-25-23-26-55(2)79(54)58-35-38-75-77(46-58)86(67-31-24-32-68(51-67)89-69-36-37-71-70-33-21-22-34-74(70)88(76(71)52-69)78-50-63(39-40-85-78)81(3,4)5)53-87(75)80-72(61-42-59(56-27-17-15-18-28-56)41-60(43-61)57-29-19-16-20-30-57)48-66(84(12,13)14)49-73(80)62-44-64(82(6,7)8)47-65(45-62)83(9,10)11/h15-52H,1-14H3/i1D3,2D3,15D,16D,17D,18D,19D,20D,27D,28D,29D,30D,41D,42D,43D. The van der Waals surface area contributed by atoms with Crippen LogP contribution in [0.5, 0.6) is 11.5 Å². The maximum Gasteiger partial charge on any atom is 0.269 e. The monoisotopic (exact) mass is 1180 g/mol. The molecule has 13 aromatic rings. The molecule has 0 aliphatic carbocycles. The van der Waals surface area contributed by atoms with Crippen molar-refractivity contribution in [2.24, 2.45) is 0 Å². The second-order valence-electron chi connectivity index (χ2n) is 27.0. The molecule has 0 saturated carbocycles. The van der Waals surface area contributed by atoms with Crippen molar-refractivity contribution in [3.05, 3.63) is 270 Å². The van der Waals surface area contributed by atoms with Gasteiger partial charge in [0.2, 0.25) is 0 Å². The molecular formula is C84H80N4O. The van der Waals surface area contributed by atoms with Gasteiger partial charge in [-0.15, -0.1) is 0 Å². The van der Waals surface area contributed by atoms with E-state index >= 15 is 0 Å². The number of hydrogen-bond acceptors (Lipinski definition) is 2. The van der Waals surface area contributed by atoms with Crippen molar-refractivity contribution in [3.8, 4) is 84.3 Å². The van der Waals surface area contributed by atoms with Crippen molar-refractivity contribution in [3.63, 3.8) is 0 Å². The van der Waals surface area contributed by atoms with Gasteiger partial charge in [-0.3, -0.25) is 13.7 Å². The van der Waals surface area contributed by atoms with Crippen molar-refractivity contribution in [1.29, 1.82) is 0 Å². The van der Waals surface area contributed by atoms with Crippen LogP contribution in [0.15, 0.2) is 230 Å². The molecule has 5 nitrogen and oxygen atoms in total. The first kappa shape index (κ1) is 40.1. The van der Waals surface area contributed by atoms with E-state index in [1.54, 1.807) is 51.6 Å². The summed E-state index contributed by atoms with van der Waals surface area (Å²) >= 11 is 0. The van der Waals surface area contributed by atoms with E-state index in [0.717, 1.165) is 38.5 Å². The number of para-hydroxylation sites is 1. The largest absolute Gasteiger partial charge is 0.458 e. The quantitative estimate of drug-likeness (QED) is 0.101. The number of hydrogen-bond donors (Lipinski definition) is 0. The van der Waals surface area contributed by atoms with Crippen LogP contribution in [0, 0.1) is 20.0 Å². The van der Waals surface area contributed by atoms with Crippen LogP contribution in [-0.4, -0.2) is 14.1 Å². The Bertz CT molecular complexity index is 5700. The summed E-state index contributed by atoms with van der Waals surface area (Å²) in [5.41, 5.74) is 2.77. The zero-order chi connectivity index (χ0) is 78.6. The van der Waals surface area contributed by atoms with Gasteiger partial charge in [0.1, 0.15) is 17.3 Å². The second kappa shape index (κ2) is 22.2. The van der Waals surface area contributed by atoms with Crippen LogP contribution < -0.4 is 9.30 Å². The van der Waals surface area contributed by atoms with Gasteiger partial charge in [-0.25, -0.2) is 4.98 Å². The third-order valence-corrected chi connectivity index (χ3v) is 16.5. The molecule has 3 aromatic heterocycles. The highest BCUT2D eigenvalue weighted by molar-refractivity contribution is 6.09. The molecule has 0 atom stereocenters. The highest BCUT2D eigenvalue weighted by Crippen LogP contribution is 2.45.